The van der Waals surface area contributed by atoms with Gasteiger partial charge in [0.05, 0.1) is 61.0 Å². The van der Waals surface area contributed by atoms with Crippen LogP contribution < -0.4 is 0 Å². The number of hydrogen-bond donors (Lipinski definition) is 2. The zero-order chi connectivity index (χ0) is 45.8. The smallest absolute Gasteiger partial charge is 0.316 e. The number of methoxy groups -OCH3 is 2. The molecule has 7 rings (SSSR count). The van der Waals surface area contributed by atoms with Gasteiger partial charge in [-0.3, -0.25) is 9.69 Å². The Morgan fingerprint density at radius 2 is 1.70 bits per heavy atom. The molecule has 0 radical (unpaired) electrons. The number of carbonyl (C=O) groups is 1. The molecule has 2 bridgehead atoms. The highest BCUT2D eigenvalue weighted by molar-refractivity contribution is 5.78. The zero-order valence-corrected chi connectivity index (χ0v) is 40.3. The third-order valence-electron chi connectivity index (χ3n) is 16.7. The predicted octanol–water partition coefficient (Wildman–Crippen LogP) is 6.88. The van der Waals surface area contributed by atoms with Crippen molar-refractivity contribution >= 4 is 5.97 Å². The van der Waals surface area contributed by atoms with Gasteiger partial charge in [-0.2, -0.15) is 0 Å². The summed E-state index contributed by atoms with van der Waals surface area (Å²) in [5.41, 5.74) is 0.164. The van der Waals surface area contributed by atoms with Crippen molar-refractivity contribution in [2.75, 3.05) is 34.9 Å². The average Bonchev–Trinajstić information content (AvgIpc) is 3.58. The second kappa shape index (κ2) is 19.2. The molecular formula is C51H79NO11. The van der Waals surface area contributed by atoms with Gasteiger partial charge in [0.15, 0.2) is 5.79 Å². The van der Waals surface area contributed by atoms with Gasteiger partial charge >= 0.3 is 5.97 Å². The maximum atomic E-state index is 14.4. The molecule has 12 heteroatoms. The monoisotopic (exact) mass is 882 g/mol. The topological polar surface area (TPSA) is 135 Å². The SMILES string of the molecule is CCC(C)[C@H]1O[C@]2(C=C[C@@H]1C)C[C@@H]1C[C@@H](C/C=C(\C)[C@@H](C3C[C@H](OC)[C@@H](C4C[C@H](OC)[C@@](C)(N(C)C)[C@H](C)O4)[C@H](C)O3)[C@@H](C)/C=C/C=C3\CO[C@@H]4[C@H](O)C(C)=C[C@@H](C(=O)O1)[C@]34O)O2. The number of allylic oxidation sites excluding steroid dienone is 3. The molecule has 0 aromatic heterocycles. The molecule has 0 aromatic carbocycles. The van der Waals surface area contributed by atoms with E-state index in [9.17, 15) is 15.0 Å². The lowest BCUT2D eigenvalue weighted by atomic mass is 9.70. The van der Waals surface area contributed by atoms with Gasteiger partial charge in [0, 0.05) is 57.7 Å². The first-order valence-corrected chi connectivity index (χ1v) is 23.9. The van der Waals surface area contributed by atoms with E-state index in [1.165, 1.54) is 5.57 Å². The number of likely N-dealkylation sites (N-methyl/N-ethyl adjacent to an activating group) is 1. The van der Waals surface area contributed by atoms with Crippen molar-refractivity contribution in [3.63, 3.8) is 0 Å². The van der Waals surface area contributed by atoms with Crippen LogP contribution in [0.4, 0.5) is 0 Å². The number of aliphatic hydroxyl groups is 2. The van der Waals surface area contributed by atoms with Crippen molar-refractivity contribution in [2.45, 2.75) is 185 Å². The fourth-order valence-corrected chi connectivity index (χ4v) is 12.4. The van der Waals surface area contributed by atoms with Gasteiger partial charge in [0.1, 0.15) is 29.8 Å². The molecule has 4 fully saturated rings. The van der Waals surface area contributed by atoms with E-state index in [1.54, 1.807) is 27.2 Å². The van der Waals surface area contributed by atoms with Crippen molar-refractivity contribution < 1.29 is 52.9 Å². The molecule has 4 saturated heterocycles. The highest BCUT2D eigenvalue weighted by Crippen LogP contribution is 2.48. The number of fused-ring (bicyclic) bond motifs is 2. The maximum Gasteiger partial charge on any atom is 0.316 e. The second-order valence-corrected chi connectivity index (χ2v) is 20.6. The molecule has 0 amide bonds. The van der Waals surface area contributed by atoms with Gasteiger partial charge in [-0.15, -0.1) is 0 Å². The summed E-state index contributed by atoms with van der Waals surface area (Å²) in [7, 11) is 7.77. The first-order valence-electron chi connectivity index (χ1n) is 23.9. The molecular weight excluding hydrogens is 803 g/mol. The summed E-state index contributed by atoms with van der Waals surface area (Å²) in [6.45, 7) is 19.3. The van der Waals surface area contributed by atoms with Crippen LogP contribution in [-0.2, 0) is 42.7 Å². The summed E-state index contributed by atoms with van der Waals surface area (Å²) in [5, 5.41) is 23.9. The predicted molar refractivity (Wildman–Crippen MR) is 241 cm³/mol. The lowest BCUT2D eigenvalue weighted by Gasteiger charge is -2.55. The summed E-state index contributed by atoms with van der Waals surface area (Å²) in [6.07, 6.45) is 14.1. The van der Waals surface area contributed by atoms with E-state index in [0.717, 1.165) is 12.8 Å². The van der Waals surface area contributed by atoms with E-state index < -0.39 is 41.6 Å². The minimum atomic E-state index is -1.80. The second-order valence-electron chi connectivity index (χ2n) is 20.6. The normalized spacial score (nSPS) is 49.8. The Labute approximate surface area is 377 Å². The maximum absolute atomic E-state index is 14.4. The Hall–Kier alpha value is -2.23. The standard InChI is InChI=1S/C51H79NO11/c1-14-28(2)46-31(5)20-21-50(63-46)26-37-23-36(62-50)19-18-30(4)43(29(3)16-15-17-35-27-58-47-45(53)32(6)22-38(48(54)61-37)51(35,47)55)40-24-39(56-12)44(33(7)59-40)41-25-42(57-13)49(9,52(10)11)34(8)60-41/h15-18,20-22,28-29,31,33-34,36-47,53,55H,14,19,23-27H2,1-13H3/b16-15+,30-18+,35-17+/t28?,29-,31-,33-,34-,36+,37-,38-,39-,40?,41?,42-,43-,44-,45+,46+,47+,49-,50+,51+/m0/s1. The number of esters is 1. The first kappa shape index (κ1) is 48.7. The molecule has 1 aliphatic carbocycles. The molecule has 12 nitrogen and oxygen atoms in total. The molecule has 20 atom stereocenters. The number of carbonyl (C=O) groups excluding carboxylic acids is 1. The highest BCUT2D eigenvalue weighted by atomic mass is 16.7. The summed E-state index contributed by atoms with van der Waals surface area (Å²) in [4.78, 5) is 16.6. The van der Waals surface area contributed by atoms with Crippen molar-refractivity contribution in [3.05, 3.63) is 59.3 Å². The van der Waals surface area contributed by atoms with Gasteiger partial charge in [-0.25, -0.2) is 0 Å². The van der Waals surface area contributed by atoms with Crippen LogP contribution in [0.5, 0.6) is 0 Å². The number of rotatable bonds is 7. The Morgan fingerprint density at radius 3 is 2.38 bits per heavy atom. The van der Waals surface area contributed by atoms with E-state index in [1.807, 2.05) is 18.2 Å². The van der Waals surface area contributed by atoms with Gasteiger partial charge in [-0.05, 0) is 84.2 Å². The van der Waals surface area contributed by atoms with E-state index >= 15 is 0 Å². The number of hydrogen-bond acceptors (Lipinski definition) is 12. The van der Waals surface area contributed by atoms with Crippen LogP contribution >= 0.6 is 0 Å². The van der Waals surface area contributed by atoms with E-state index in [2.05, 4.69) is 92.6 Å². The quantitative estimate of drug-likeness (QED) is 0.204. The summed E-state index contributed by atoms with van der Waals surface area (Å²) in [6, 6.07) is 0. The van der Waals surface area contributed by atoms with Gasteiger partial charge < -0.3 is 48.1 Å². The lowest BCUT2D eigenvalue weighted by molar-refractivity contribution is -0.300. The fourth-order valence-electron chi connectivity index (χ4n) is 12.4. The molecule has 6 heterocycles. The van der Waals surface area contributed by atoms with Crippen molar-refractivity contribution in [2.24, 2.45) is 35.5 Å². The van der Waals surface area contributed by atoms with Crippen molar-refractivity contribution in [1.82, 2.24) is 4.90 Å². The molecule has 63 heavy (non-hydrogen) atoms. The average molecular weight is 882 g/mol. The van der Waals surface area contributed by atoms with Crippen LogP contribution in [0.2, 0.25) is 0 Å². The summed E-state index contributed by atoms with van der Waals surface area (Å²) >= 11 is 0. The minimum Gasteiger partial charge on any atom is -0.462 e. The van der Waals surface area contributed by atoms with Gasteiger partial charge in [0.2, 0.25) is 0 Å². The lowest BCUT2D eigenvalue weighted by Crippen LogP contribution is -2.66. The molecule has 3 unspecified atom stereocenters. The Morgan fingerprint density at radius 1 is 0.952 bits per heavy atom. The van der Waals surface area contributed by atoms with Crippen LogP contribution in [0.15, 0.2) is 59.3 Å². The Bertz CT molecular complexity index is 1790. The van der Waals surface area contributed by atoms with Crippen LogP contribution in [-0.4, -0.2) is 140 Å². The van der Waals surface area contributed by atoms with Crippen molar-refractivity contribution in [3.8, 4) is 0 Å². The first-order chi connectivity index (χ1) is 29.8. The number of ether oxygens (including phenoxy) is 8. The Kier molecular flexibility index (Phi) is 14.8. The molecule has 2 N–H and O–H groups in total. The fraction of sp³-hybridized carbons (Fsp3) is 0.784. The van der Waals surface area contributed by atoms with E-state index in [4.69, 9.17) is 37.9 Å². The number of aliphatic hydroxyl groups excluding tert-OH is 1. The highest BCUT2D eigenvalue weighted by Gasteiger charge is 2.60. The van der Waals surface area contributed by atoms with E-state index in [-0.39, 0.29) is 90.6 Å². The molecule has 0 saturated carbocycles. The van der Waals surface area contributed by atoms with Gasteiger partial charge in [-0.1, -0.05) is 76.1 Å². The zero-order valence-electron chi connectivity index (χ0n) is 40.3. The van der Waals surface area contributed by atoms with Crippen LogP contribution in [0.25, 0.3) is 0 Å². The molecule has 354 valence electrons. The minimum absolute atomic E-state index is 0.00588. The summed E-state index contributed by atoms with van der Waals surface area (Å²) < 4.78 is 53.1. The van der Waals surface area contributed by atoms with Crippen LogP contribution in [0.3, 0.4) is 0 Å². The molecule has 1 spiro atoms. The molecule has 0 aromatic rings. The third kappa shape index (κ3) is 9.01. The molecule has 6 aliphatic heterocycles. The number of nitrogens with zero attached hydrogens (tertiary/aromatic N) is 1. The van der Waals surface area contributed by atoms with Crippen molar-refractivity contribution in [1.29, 1.82) is 0 Å². The third-order valence-corrected chi connectivity index (χ3v) is 16.7. The largest absolute Gasteiger partial charge is 0.462 e. The summed E-state index contributed by atoms with van der Waals surface area (Å²) in [5.74, 6) is -2.29. The van der Waals surface area contributed by atoms with E-state index in [0.29, 0.717) is 36.8 Å². The van der Waals surface area contributed by atoms with Crippen LogP contribution in [0.1, 0.15) is 101 Å². The van der Waals surface area contributed by atoms with Crippen LogP contribution in [0, 0.1) is 35.5 Å². The molecule has 7 aliphatic rings. The Balaban J connectivity index is 1.24. The van der Waals surface area contributed by atoms with Gasteiger partial charge in [0.25, 0.3) is 0 Å².